The molecule has 0 aliphatic rings. The molecule has 0 saturated carbocycles. The van der Waals surface area contributed by atoms with Gasteiger partial charge in [-0.2, -0.15) is 0 Å². The summed E-state index contributed by atoms with van der Waals surface area (Å²) >= 11 is 11.8. The van der Waals surface area contributed by atoms with Crippen molar-refractivity contribution >= 4 is 40.6 Å². The molecular weight excluding hydrogens is 339 g/mol. The number of halogens is 2. The van der Waals surface area contributed by atoms with Crippen LogP contribution < -0.4 is 10.1 Å². The van der Waals surface area contributed by atoms with Crippen LogP contribution in [0.1, 0.15) is 23.2 Å². The molecule has 0 bridgehead atoms. The Kier molecular flexibility index (Phi) is 5.96. The summed E-state index contributed by atoms with van der Waals surface area (Å²) in [6.45, 7) is 0. The number of carbonyl (C=O) groups excluding carboxylic acids is 2. The molecule has 23 heavy (non-hydrogen) atoms. The van der Waals surface area contributed by atoms with Gasteiger partial charge in [-0.25, -0.2) is 4.98 Å². The summed E-state index contributed by atoms with van der Waals surface area (Å²) in [6.07, 6.45) is 1.56. The smallest absolute Gasteiger partial charge is 0.224 e. The molecule has 1 aromatic carbocycles. The van der Waals surface area contributed by atoms with Crippen LogP contribution in [-0.2, 0) is 4.79 Å². The fourth-order valence-electron chi connectivity index (χ4n) is 1.95. The number of rotatable bonds is 6. The number of amides is 1. The van der Waals surface area contributed by atoms with Crippen molar-refractivity contribution < 1.29 is 14.3 Å². The fraction of sp³-hybridized carbons (Fsp3) is 0.188. The topological polar surface area (TPSA) is 68.3 Å². The zero-order chi connectivity index (χ0) is 16.8. The number of hydrogen-bond acceptors (Lipinski definition) is 4. The van der Waals surface area contributed by atoms with Crippen LogP contribution in [0.25, 0.3) is 0 Å². The van der Waals surface area contributed by atoms with E-state index >= 15 is 0 Å². The fourth-order valence-corrected chi connectivity index (χ4v) is 2.29. The summed E-state index contributed by atoms with van der Waals surface area (Å²) in [4.78, 5) is 28.0. The van der Waals surface area contributed by atoms with E-state index in [-0.39, 0.29) is 29.7 Å². The second-order valence-corrected chi connectivity index (χ2v) is 5.45. The van der Waals surface area contributed by atoms with Gasteiger partial charge in [0.2, 0.25) is 5.91 Å². The van der Waals surface area contributed by atoms with E-state index in [1.165, 1.54) is 19.4 Å². The monoisotopic (exact) mass is 352 g/mol. The maximum absolute atomic E-state index is 12.2. The predicted molar refractivity (Wildman–Crippen MR) is 89.4 cm³/mol. The van der Waals surface area contributed by atoms with Crippen LogP contribution in [0, 0.1) is 0 Å². The molecule has 0 fully saturated rings. The molecule has 1 N–H and O–H groups in total. The quantitative estimate of drug-likeness (QED) is 0.630. The summed E-state index contributed by atoms with van der Waals surface area (Å²) in [5.74, 6) is -0.124. The Bertz CT molecular complexity index is 735. The van der Waals surface area contributed by atoms with E-state index in [1.807, 2.05) is 0 Å². The standard InChI is InChI=1S/C16H14Cl2N2O3/c1-23-14-6-4-10(17)9-11(14)13(21)5-7-15(22)20-12-3-2-8-19-16(12)18/h2-4,6,8-9H,5,7H2,1H3,(H,20,22). The third-order valence-corrected chi connectivity index (χ3v) is 3.61. The van der Waals surface area contributed by atoms with Crippen molar-refractivity contribution in [2.24, 2.45) is 0 Å². The van der Waals surface area contributed by atoms with Crippen LogP contribution in [0.4, 0.5) is 5.69 Å². The van der Waals surface area contributed by atoms with Gasteiger partial charge in [-0.3, -0.25) is 9.59 Å². The molecule has 2 rings (SSSR count). The van der Waals surface area contributed by atoms with Gasteiger partial charge in [0.05, 0.1) is 18.4 Å². The zero-order valence-corrected chi connectivity index (χ0v) is 13.8. The number of carbonyl (C=O) groups is 2. The van der Waals surface area contributed by atoms with Crippen molar-refractivity contribution in [2.75, 3.05) is 12.4 Å². The Hall–Kier alpha value is -2.11. The number of hydrogen-bond donors (Lipinski definition) is 1. The first-order valence-corrected chi connectivity index (χ1v) is 7.54. The lowest BCUT2D eigenvalue weighted by Gasteiger charge is -2.09. The molecular formula is C16H14Cl2N2O3. The summed E-state index contributed by atoms with van der Waals surface area (Å²) in [7, 11) is 1.47. The molecule has 0 spiro atoms. The second-order valence-electron chi connectivity index (χ2n) is 4.66. The van der Waals surface area contributed by atoms with Gasteiger partial charge < -0.3 is 10.1 Å². The SMILES string of the molecule is COc1ccc(Cl)cc1C(=O)CCC(=O)Nc1cccnc1Cl. The Morgan fingerprint density at radius 3 is 2.70 bits per heavy atom. The minimum absolute atomic E-state index is 0.0136. The van der Waals surface area contributed by atoms with E-state index in [4.69, 9.17) is 27.9 Å². The molecule has 0 radical (unpaired) electrons. The molecule has 0 saturated heterocycles. The first-order chi connectivity index (χ1) is 11.0. The van der Waals surface area contributed by atoms with E-state index < -0.39 is 0 Å². The van der Waals surface area contributed by atoms with Crippen molar-refractivity contribution in [3.8, 4) is 5.75 Å². The second kappa shape index (κ2) is 7.94. The van der Waals surface area contributed by atoms with Gasteiger partial charge in [-0.05, 0) is 30.3 Å². The van der Waals surface area contributed by atoms with Crippen molar-refractivity contribution in [1.29, 1.82) is 0 Å². The lowest BCUT2D eigenvalue weighted by molar-refractivity contribution is -0.116. The summed E-state index contributed by atoms with van der Waals surface area (Å²) in [5, 5.41) is 3.24. The minimum Gasteiger partial charge on any atom is -0.496 e. The highest BCUT2D eigenvalue weighted by Crippen LogP contribution is 2.24. The van der Waals surface area contributed by atoms with E-state index in [0.717, 1.165) is 0 Å². The average molecular weight is 353 g/mol. The molecule has 7 heteroatoms. The normalized spacial score (nSPS) is 10.2. The molecule has 120 valence electrons. The van der Waals surface area contributed by atoms with E-state index in [0.29, 0.717) is 22.0 Å². The number of ketones is 1. The molecule has 0 aliphatic heterocycles. The van der Waals surface area contributed by atoms with Crippen molar-refractivity contribution in [2.45, 2.75) is 12.8 Å². The lowest BCUT2D eigenvalue weighted by Crippen LogP contribution is -2.14. The first-order valence-electron chi connectivity index (χ1n) is 6.78. The highest BCUT2D eigenvalue weighted by atomic mass is 35.5. The van der Waals surface area contributed by atoms with Gasteiger partial charge in [0.15, 0.2) is 10.9 Å². The zero-order valence-electron chi connectivity index (χ0n) is 12.3. The molecule has 0 atom stereocenters. The average Bonchev–Trinajstić information content (AvgIpc) is 2.54. The van der Waals surface area contributed by atoms with E-state index in [1.54, 1.807) is 24.3 Å². The van der Waals surface area contributed by atoms with Crippen LogP contribution in [0.15, 0.2) is 36.5 Å². The Labute approximate surface area is 143 Å². The maximum atomic E-state index is 12.2. The molecule has 2 aromatic rings. The van der Waals surface area contributed by atoms with Crippen molar-refractivity contribution in [3.63, 3.8) is 0 Å². The predicted octanol–water partition coefficient (Wildman–Crippen LogP) is 4.00. The van der Waals surface area contributed by atoms with Crippen LogP contribution in [0.5, 0.6) is 5.75 Å². The number of nitrogens with one attached hydrogen (secondary N) is 1. The number of aromatic nitrogens is 1. The minimum atomic E-state index is -0.325. The number of methoxy groups -OCH3 is 1. The highest BCUT2D eigenvalue weighted by Gasteiger charge is 2.15. The third-order valence-electron chi connectivity index (χ3n) is 3.07. The highest BCUT2D eigenvalue weighted by molar-refractivity contribution is 6.32. The van der Waals surface area contributed by atoms with E-state index in [9.17, 15) is 9.59 Å². The van der Waals surface area contributed by atoms with Crippen LogP contribution in [-0.4, -0.2) is 23.8 Å². The number of anilines is 1. The van der Waals surface area contributed by atoms with Gasteiger partial charge in [-0.15, -0.1) is 0 Å². The molecule has 0 aliphatic carbocycles. The number of benzene rings is 1. The molecule has 1 aromatic heterocycles. The Morgan fingerprint density at radius 2 is 2.00 bits per heavy atom. The Morgan fingerprint density at radius 1 is 1.22 bits per heavy atom. The summed E-state index contributed by atoms with van der Waals surface area (Å²) < 4.78 is 5.13. The number of Topliss-reactive ketones (excluding diaryl/α,β-unsaturated/α-hetero) is 1. The molecule has 1 heterocycles. The first kappa shape index (κ1) is 17.2. The van der Waals surface area contributed by atoms with Gasteiger partial charge in [0.25, 0.3) is 0 Å². The van der Waals surface area contributed by atoms with Crippen LogP contribution in [0.3, 0.4) is 0 Å². The maximum Gasteiger partial charge on any atom is 0.224 e. The molecule has 0 unspecified atom stereocenters. The van der Waals surface area contributed by atoms with Gasteiger partial charge in [0.1, 0.15) is 5.75 Å². The lowest BCUT2D eigenvalue weighted by atomic mass is 10.1. The molecule has 1 amide bonds. The van der Waals surface area contributed by atoms with Gasteiger partial charge in [0, 0.05) is 24.1 Å². The number of nitrogens with zero attached hydrogens (tertiary/aromatic N) is 1. The third kappa shape index (κ3) is 4.68. The summed E-state index contributed by atoms with van der Waals surface area (Å²) in [6, 6.07) is 8.07. The Balaban J connectivity index is 1.98. The largest absolute Gasteiger partial charge is 0.496 e. The van der Waals surface area contributed by atoms with Crippen LogP contribution >= 0.6 is 23.2 Å². The van der Waals surface area contributed by atoms with Crippen molar-refractivity contribution in [1.82, 2.24) is 4.98 Å². The van der Waals surface area contributed by atoms with E-state index in [2.05, 4.69) is 10.3 Å². The van der Waals surface area contributed by atoms with Crippen LogP contribution in [0.2, 0.25) is 10.2 Å². The number of pyridine rings is 1. The summed E-state index contributed by atoms with van der Waals surface area (Å²) in [5.41, 5.74) is 0.763. The molecule has 5 nitrogen and oxygen atoms in total. The van der Waals surface area contributed by atoms with Gasteiger partial charge in [-0.1, -0.05) is 23.2 Å². The van der Waals surface area contributed by atoms with Crippen molar-refractivity contribution in [3.05, 3.63) is 52.3 Å². The van der Waals surface area contributed by atoms with Gasteiger partial charge >= 0.3 is 0 Å². The number of ether oxygens (including phenoxy) is 1.